The Morgan fingerprint density at radius 3 is 2.37 bits per heavy atom. The highest BCUT2D eigenvalue weighted by molar-refractivity contribution is 9.11. The van der Waals surface area contributed by atoms with Gasteiger partial charge >= 0.3 is 5.97 Å². The van der Waals surface area contributed by atoms with Gasteiger partial charge in [-0.3, -0.25) is 14.4 Å². The third-order valence-corrected chi connectivity index (χ3v) is 6.64. The monoisotopic (exact) mass is 579 g/mol. The van der Waals surface area contributed by atoms with E-state index in [1.165, 1.54) is 41.7 Å². The minimum atomic E-state index is -1.41. The molecule has 2 aromatic carbocycles. The van der Waals surface area contributed by atoms with E-state index >= 15 is 0 Å². The van der Waals surface area contributed by atoms with Gasteiger partial charge in [-0.25, -0.2) is 4.79 Å². The molecule has 35 heavy (non-hydrogen) atoms. The molecule has 3 amide bonds. The van der Waals surface area contributed by atoms with E-state index in [0.29, 0.717) is 10.4 Å². The largest absolute Gasteiger partial charge is 0.508 e. The number of carboxylic acids is 1. The third kappa shape index (κ3) is 7.28. The van der Waals surface area contributed by atoms with Gasteiger partial charge in [0.05, 0.1) is 19.2 Å². The maximum atomic E-state index is 12.6. The molecule has 0 unspecified atom stereocenters. The number of phenols is 1. The molecule has 5 N–H and O–H groups in total. The van der Waals surface area contributed by atoms with Crippen molar-refractivity contribution in [2.24, 2.45) is 0 Å². The summed E-state index contributed by atoms with van der Waals surface area (Å²) in [5.41, 5.74) is 0.853. The molecule has 0 spiro atoms. The Hall–Kier alpha value is -3.41. The number of halogens is 2. The summed E-state index contributed by atoms with van der Waals surface area (Å²) < 4.78 is 0.747. The summed E-state index contributed by atoms with van der Waals surface area (Å²) in [4.78, 5) is 49.2. The van der Waals surface area contributed by atoms with Crippen molar-refractivity contribution in [1.82, 2.24) is 16.0 Å². The first kappa shape index (κ1) is 26.2. The van der Waals surface area contributed by atoms with Gasteiger partial charge < -0.3 is 26.2 Å². The quantitative estimate of drug-likeness (QED) is 0.262. The van der Waals surface area contributed by atoms with E-state index in [9.17, 15) is 29.4 Å². The van der Waals surface area contributed by atoms with Crippen molar-refractivity contribution in [3.8, 4) is 5.75 Å². The van der Waals surface area contributed by atoms with Crippen LogP contribution in [0.2, 0.25) is 5.02 Å². The molecule has 0 radical (unpaired) electrons. The number of amides is 3. The summed E-state index contributed by atoms with van der Waals surface area (Å²) >= 11 is 10.6. The number of thiophene rings is 1. The molecule has 182 valence electrons. The zero-order valence-corrected chi connectivity index (χ0v) is 21.0. The molecule has 1 atom stereocenters. The number of phenolic OH excluding ortho intramolecular Hbond substituents is 1. The molecule has 0 saturated carbocycles. The minimum absolute atomic E-state index is 0.0315. The van der Waals surface area contributed by atoms with E-state index in [0.717, 1.165) is 3.79 Å². The van der Waals surface area contributed by atoms with Gasteiger partial charge in [-0.1, -0.05) is 23.7 Å². The van der Waals surface area contributed by atoms with E-state index < -0.39 is 29.7 Å². The van der Waals surface area contributed by atoms with Crippen molar-refractivity contribution in [3.63, 3.8) is 0 Å². The van der Waals surface area contributed by atoms with Crippen molar-refractivity contribution in [2.75, 3.05) is 6.54 Å². The summed E-state index contributed by atoms with van der Waals surface area (Å²) in [6.07, 6.45) is 0. The van der Waals surface area contributed by atoms with Crippen molar-refractivity contribution >= 4 is 62.6 Å². The Labute approximate surface area is 217 Å². The minimum Gasteiger partial charge on any atom is -0.508 e. The zero-order chi connectivity index (χ0) is 25.5. The molecule has 9 nitrogen and oxygen atoms in total. The third-order valence-electron chi connectivity index (χ3n) is 4.71. The van der Waals surface area contributed by atoms with Gasteiger partial charge in [0.1, 0.15) is 11.8 Å². The highest BCUT2D eigenvalue weighted by atomic mass is 79.9. The van der Waals surface area contributed by atoms with Crippen LogP contribution in [0.1, 0.15) is 36.0 Å². The molecule has 0 fully saturated rings. The maximum absolute atomic E-state index is 12.6. The summed E-state index contributed by atoms with van der Waals surface area (Å²) in [6, 6.07) is 12.3. The van der Waals surface area contributed by atoms with E-state index in [4.69, 9.17) is 11.6 Å². The van der Waals surface area contributed by atoms with Crippen LogP contribution in [-0.2, 0) is 11.3 Å². The van der Waals surface area contributed by atoms with Gasteiger partial charge in [-0.2, -0.15) is 0 Å². The number of rotatable bonds is 9. The van der Waals surface area contributed by atoms with Crippen LogP contribution in [0.5, 0.6) is 5.75 Å². The Kier molecular flexibility index (Phi) is 8.85. The lowest BCUT2D eigenvalue weighted by atomic mass is 10.1. The van der Waals surface area contributed by atoms with Gasteiger partial charge in [-0.05, 0) is 64.0 Å². The van der Waals surface area contributed by atoms with Crippen molar-refractivity contribution < 1.29 is 29.4 Å². The predicted octanol–water partition coefficient (Wildman–Crippen LogP) is 3.41. The standard InChI is InChI=1S/C23H19BrClN3O6S/c24-19-7-6-18(35-19)22(32)27-11-17(23(33)34)28-21(31)15-5-4-13(9-16(15)25)20(30)26-10-12-2-1-3-14(29)8-12/h1-9,17,29H,10-11H2,(H,26,30)(H,27,32)(H,28,31)(H,33,34)/t17-/m0/s1. The fourth-order valence-electron chi connectivity index (χ4n) is 2.95. The lowest BCUT2D eigenvalue weighted by molar-refractivity contribution is -0.139. The zero-order valence-electron chi connectivity index (χ0n) is 17.9. The van der Waals surface area contributed by atoms with Gasteiger partial charge in [0, 0.05) is 18.7 Å². The average Bonchev–Trinajstić information content (AvgIpc) is 3.26. The summed E-state index contributed by atoms with van der Waals surface area (Å²) in [6.45, 7) is -0.176. The first-order chi connectivity index (χ1) is 16.6. The van der Waals surface area contributed by atoms with E-state index in [2.05, 4.69) is 31.9 Å². The van der Waals surface area contributed by atoms with E-state index in [1.807, 2.05) is 0 Å². The van der Waals surface area contributed by atoms with Gasteiger partial charge in [-0.15, -0.1) is 11.3 Å². The summed E-state index contributed by atoms with van der Waals surface area (Å²) in [5.74, 6) is -2.96. The first-order valence-electron chi connectivity index (χ1n) is 10.1. The number of aliphatic carboxylic acids is 1. The second-order valence-electron chi connectivity index (χ2n) is 7.23. The van der Waals surface area contributed by atoms with Crippen LogP contribution in [0.4, 0.5) is 0 Å². The lowest BCUT2D eigenvalue weighted by Gasteiger charge is -2.16. The number of nitrogens with one attached hydrogen (secondary N) is 3. The fourth-order valence-corrected chi connectivity index (χ4v) is 4.51. The van der Waals surface area contributed by atoms with E-state index in [-0.39, 0.29) is 35.0 Å². The molecule has 0 aliphatic rings. The van der Waals surface area contributed by atoms with Crippen molar-refractivity contribution in [2.45, 2.75) is 12.6 Å². The Balaban J connectivity index is 1.60. The van der Waals surface area contributed by atoms with Crippen molar-refractivity contribution in [1.29, 1.82) is 0 Å². The summed E-state index contributed by atoms with van der Waals surface area (Å²) in [7, 11) is 0. The highest BCUT2D eigenvalue weighted by Crippen LogP contribution is 2.22. The van der Waals surface area contributed by atoms with Crippen LogP contribution < -0.4 is 16.0 Å². The predicted molar refractivity (Wildman–Crippen MR) is 134 cm³/mol. The highest BCUT2D eigenvalue weighted by Gasteiger charge is 2.23. The van der Waals surface area contributed by atoms with Gasteiger partial charge in [0.25, 0.3) is 17.7 Å². The molecule has 0 aliphatic carbocycles. The topological polar surface area (TPSA) is 145 Å². The smallest absolute Gasteiger partial charge is 0.328 e. The summed E-state index contributed by atoms with van der Waals surface area (Å²) in [5, 5.41) is 26.4. The Bertz CT molecular complexity index is 1280. The Morgan fingerprint density at radius 1 is 0.971 bits per heavy atom. The number of carboxylic acid groups (broad SMARTS) is 1. The van der Waals surface area contributed by atoms with Gasteiger partial charge in [0.2, 0.25) is 0 Å². The van der Waals surface area contributed by atoms with Crippen LogP contribution >= 0.6 is 38.9 Å². The number of hydrogen-bond acceptors (Lipinski definition) is 6. The van der Waals surface area contributed by atoms with Gasteiger partial charge in [0.15, 0.2) is 0 Å². The Morgan fingerprint density at radius 2 is 1.74 bits per heavy atom. The second-order valence-corrected chi connectivity index (χ2v) is 10.1. The van der Waals surface area contributed by atoms with Crippen LogP contribution in [0.3, 0.4) is 0 Å². The SMILES string of the molecule is O=C(NCc1cccc(O)c1)c1ccc(C(=O)N[C@@H](CNC(=O)c2ccc(Br)s2)C(=O)O)c(Cl)c1. The van der Waals surface area contributed by atoms with Crippen molar-refractivity contribution in [3.05, 3.63) is 85.0 Å². The van der Waals surface area contributed by atoms with Crippen LogP contribution in [0.25, 0.3) is 0 Å². The number of benzene rings is 2. The molecule has 12 heteroatoms. The number of carbonyl (C=O) groups excluding carboxylic acids is 3. The molecule has 1 heterocycles. The first-order valence-corrected chi connectivity index (χ1v) is 12.1. The maximum Gasteiger partial charge on any atom is 0.328 e. The van der Waals surface area contributed by atoms with E-state index in [1.54, 1.807) is 24.3 Å². The average molecular weight is 581 g/mol. The lowest BCUT2D eigenvalue weighted by Crippen LogP contribution is -2.48. The van der Waals surface area contributed by atoms with Crippen LogP contribution in [0.15, 0.2) is 58.4 Å². The molecule has 0 bridgehead atoms. The normalized spacial score (nSPS) is 11.4. The molecular weight excluding hydrogens is 562 g/mol. The molecular formula is C23H19BrClN3O6S. The number of hydrogen-bond donors (Lipinski definition) is 5. The van der Waals surface area contributed by atoms with Crippen LogP contribution in [0, 0.1) is 0 Å². The molecule has 0 aliphatic heterocycles. The molecule has 3 rings (SSSR count). The fraction of sp³-hybridized carbons (Fsp3) is 0.130. The number of aromatic hydroxyl groups is 1. The molecule has 1 aromatic heterocycles. The molecule has 3 aromatic rings. The number of carbonyl (C=O) groups is 4. The molecule has 0 saturated heterocycles. The van der Waals surface area contributed by atoms with Crippen LogP contribution in [-0.4, -0.2) is 46.5 Å². The second kappa shape index (κ2) is 11.8.